The summed E-state index contributed by atoms with van der Waals surface area (Å²) in [6.45, 7) is 1.69. The summed E-state index contributed by atoms with van der Waals surface area (Å²) in [6, 6.07) is 6.17. The summed E-state index contributed by atoms with van der Waals surface area (Å²) in [6.07, 6.45) is 0. The van der Waals surface area contributed by atoms with Crippen LogP contribution >= 0.6 is 22.9 Å². The number of hydrogen-bond donors (Lipinski definition) is 2. The maximum absolute atomic E-state index is 11.9. The summed E-state index contributed by atoms with van der Waals surface area (Å²) >= 11 is 6.94. The van der Waals surface area contributed by atoms with Crippen LogP contribution in [0.1, 0.15) is 17.4 Å². The first-order valence-corrected chi connectivity index (χ1v) is 7.76. The van der Waals surface area contributed by atoms with Crippen molar-refractivity contribution < 1.29 is 19.1 Å². The van der Waals surface area contributed by atoms with Crippen LogP contribution in [0.3, 0.4) is 0 Å². The molecule has 23 heavy (non-hydrogen) atoms. The van der Waals surface area contributed by atoms with Crippen molar-refractivity contribution in [3.05, 3.63) is 40.4 Å². The van der Waals surface area contributed by atoms with Gasteiger partial charge in [-0.2, -0.15) is 0 Å². The molecule has 2 aromatic rings. The minimum atomic E-state index is -0.982. The van der Waals surface area contributed by atoms with Gasteiger partial charge in [-0.1, -0.05) is 23.7 Å². The lowest BCUT2D eigenvalue weighted by Gasteiger charge is -2.06. The first-order valence-electron chi connectivity index (χ1n) is 6.50. The first kappa shape index (κ1) is 16.9. The van der Waals surface area contributed by atoms with E-state index in [9.17, 15) is 14.4 Å². The molecule has 0 unspecified atom stereocenters. The van der Waals surface area contributed by atoms with Crippen LogP contribution in [0.15, 0.2) is 29.6 Å². The Hall–Kier alpha value is -2.45. The number of aromatic nitrogens is 1. The van der Waals surface area contributed by atoms with Crippen molar-refractivity contribution >= 4 is 51.5 Å². The number of benzene rings is 1. The van der Waals surface area contributed by atoms with Crippen LogP contribution < -0.4 is 10.6 Å². The molecule has 0 radical (unpaired) electrons. The van der Waals surface area contributed by atoms with Crippen LogP contribution in [0.5, 0.6) is 0 Å². The smallest absolute Gasteiger partial charge is 0.381 e. The molecule has 2 amide bonds. The number of esters is 1. The predicted octanol–water partition coefficient (Wildman–Crippen LogP) is 3.19. The van der Waals surface area contributed by atoms with Crippen molar-refractivity contribution in [1.29, 1.82) is 0 Å². The average molecular weight is 354 g/mol. The molecular weight excluding hydrogens is 342 g/mol. The number of halogens is 1. The molecule has 1 aromatic carbocycles. The Morgan fingerprint density at radius 2 is 2.00 bits per heavy atom. The number of nitrogens with one attached hydrogen (secondary N) is 2. The Balaban J connectivity index is 1.99. The standard InChI is InChI=1S/C14H12ClN3O4S/c1-2-22-12(20)11(19)10-7-23-14(17-10)18-13(21)16-9-6-4-3-5-8(9)15/h3-7H,2H2,1H3,(H2,16,17,18,21). The van der Waals surface area contributed by atoms with E-state index in [1.807, 2.05) is 0 Å². The number of Topliss-reactive ketones (excluding diaryl/α,β-unsaturated/α-hetero) is 1. The van der Waals surface area contributed by atoms with Crippen molar-refractivity contribution in [2.75, 3.05) is 17.2 Å². The van der Waals surface area contributed by atoms with Gasteiger partial charge in [0.15, 0.2) is 5.13 Å². The van der Waals surface area contributed by atoms with Gasteiger partial charge in [0.2, 0.25) is 0 Å². The molecule has 2 N–H and O–H groups in total. The lowest BCUT2D eigenvalue weighted by Crippen LogP contribution is -2.20. The summed E-state index contributed by atoms with van der Waals surface area (Å²) in [5, 5.41) is 6.93. The highest BCUT2D eigenvalue weighted by atomic mass is 35.5. The summed E-state index contributed by atoms with van der Waals surface area (Å²) in [7, 11) is 0. The van der Waals surface area contributed by atoms with Gasteiger partial charge in [-0.05, 0) is 19.1 Å². The van der Waals surface area contributed by atoms with Crippen LogP contribution in [0.4, 0.5) is 15.6 Å². The van der Waals surface area contributed by atoms with E-state index in [1.165, 1.54) is 5.38 Å². The Morgan fingerprint density at radius 1 is 1.26 bits per heavy atom. The number of rotatable bonds is 5. The quantitative estimate of drug-likeness (QED) is 0.488. The van der Waals surface area contributed by atoms with Crippen LogP contribution in [0.25, 0.3) is 0 Å². The number of carbonyl (C=O) groups is 3. The van der Waals surface area contributed by atoms with Gasteiger partial charge in [-0.15, -0.1) is 11.3 Å². The number of ether oxygens (including phenoxy) is 1. The lowest BCUT2D eigenvalue weighted by atomic mass is 10.3. The largest absolute Gasteiger partial charge is 0.460 e. The Bertz CT molecular complexity index is 747. The monoisotopic (exact) mass is 353 g/mol. The molecule has 9 heteroatoms. The van der Waals surface area contributed by atoms with Gasteiger partial charge in [0.05, 0.1) is 17.3 Å². The third-order valence-corrected chi connectivity index (χ3v) is 3.63. The maximum atomic E-state index is 11.9. The normalized spacial score (nSPS) is 10.0. The van der Waals surface area contributed by atoms with Gasteiger partial charge in [0.25, 0.3) is 5.78 Å². The summed E-state index contributed by atoms with van der Waals surface area (Å²) in [5.41, 5.74) is 0.354. The first-order chi connectivity index (χ1) is 11.0. The molecule has 0 fully saturated rings. The van der Waals surface area contributed by atoms with E-state index in [0.717, 1.165) is 11.3 Å². The van der Waals surface area contributed by atoms with Gasteiger partial charge in [-0.3, -0.25) is 10.1 Å². The SMILES string of the molecule is CCOC(=O)C(=O)c1csc(NC(=O)Nc2ccccc2Cl)n1. The molecular formula is C14H12ClN3O4S. The Kier molecular flexibility index (Phi) is 5.67. The summed E-state index contributed by atoms with van der Waals surface area (Å²) in [5.74, 6) is -1.84. The van der Waals surface area contributed by atoms with E-state index in [1.54, 1.807) is 31.2 Å². The zero-order valence-electron chi connectivity index (χ0n) is 12.0. The zero-order valence-corrected chi connectivity index (χ0v) is 13.5. The van der Waals surface area contributed by atoms with Crippen LogP contribution in [0, 0.1) is 0 Å². The fourth-order valence-corrected chi connectivity index (χ4v) is 2.42. The van der Waals surface area contributed by atoms with Crippen molar-refractivity contribution in [2.45, 2.75) is 6.92 Å². The van der Waals surface area contributed by atoms with E-state index in [-0.39, 0.29) is 17.4 Å². The third-order valence-electron chi connectivity index (χ3n) is 2.54. The second-order valence-electron chi connectivity index (χ2n) is 4.15. The molecule has 0 bridgehead atoms. The van der Waals surface area contributed by atoms with Crippen LogP contribution in [0.2, 0.25) is 5.02 Å². The highest BCUT2D eigenvalue weighted by Crippen LogP contribution is 2.21. The number of urea groups is 1. The molecule has 0 spiro atoms. The molecule has 0 saturated heterocycles. The number of anilines is 2. The highest BCUT2D eigenvalue weighted by Gasteiger charge is 2.21. The number of thiazole rings is 1. The summed E-state index contributed by atoms with van der Waals surface area (Å²) < 4.78 is 4.60. The predicted molar refractivity (Wildman–Crippen MR) is 87.2 cm³/mol. The molecule has 1 heterocycles. The molecule has 2 rings (SSSR count). The van der Waals surface area contributed by atoms with Crippen LogP contribution in [-0.4, -0.2) is 29.4 Å². The minimum absolute atomic E-state index is 0.0820. The molecule has 0 saturated carbocycles. The second kappa shape index (κ2) is 7.70. The molecule has 0 aliphatic rings. The van der Waals surface area contributed by atoms with E-state index < -0.39 is 17.8 Å². The average Bonchev–Trinajstić information content (AvgIpc) is 2.97. The van der Waals surface area contributed by atoms with Gasteiger partial charge in [0.1, 0.15) is 5.69 Å². The minimum Gasteiger partial charge on any atom is -0.460 e. The molecule has 1 aromatic heterocycles. The number of carbonyl (C=O) groups excluding carboxylic acids is 3. The van der Waals surface area contributed by atoms with Crippen LogP contribution in [-0.2, 0) is 9.53 Å². The van der Waals surface area contributed by atoms with Gasteiger partial charge >= 0.3 is 12.0 Å². The topological polar surface area (TPSA) is 97.4 Å². The fourth-order valence-electron chi connectivity index (χ4n) is 1.55. The zero-order chi connectivity index (χ0) is 16.8. The molecule has 0 aliphatic heterocycles. The number of para-hydroxylation sites is 1. The number of nitrogens with zero attached hydrogens (tertiary/aromatic N) is 1. The van der Waals surface area contributed by atoms with Gasteiger partial charge < -0.3 is 10.1 Å². The Labute approximate surface area is 140 Å². The number of hydrogen-bond acceptors (Lipinski definition) is 6. The molecule has 7 nitrogen and oxygen atoms in total. The van der Waals surface area contributed by atoms with E-state index in [2.05, 4.69) is 20.4 Å². The number of ketones is 1. The van der Waals surface area contributed by atoms with Crippen molar-refractivity contribution in [3.8, 4) is 0 Å². The van der Waals surface area contributed by atoms with Crippen molar-refractivity contribution in [1.82, 2.24) is 4.98 Å². The fraction of sp³-hybridized carbons (Fsp3) is 0.143. The molecule has 0 atom stereocenters. The van der Waals surface area contributed by atoms with Crippen molar-refractivity contribution in [2.24, 2.45) is 0 Å². The lowest BCUT2D eigenvalue weighted by molar-refractivity contribution is -0.137. The van der Waals surface area contributed by atoms with E-state index in [4.69, 9.17) is 11.6 Å². The van der Waals surface area contributed by atoms with Gasteiger partial charge in [0, 0.05) is 5.38 Å². The molecule has 120 valence electrons. The second-order valence-corrected chi connectivity index (χ2v) is 5.41. The van der Waals surface area contributed by atoms with Gasteiger partial charge in [-0.25, -0.2) is 14.6 Å². The summed E-state index contributed by atoms with van der Waals surface area (Å²) in [4.78, 5) is 38.8. The number of amides is 2. The van der Waals surface area contributed by atoms with E-state index >= 15 is 0 Å². The maximum Gasteiger partial charge on any atom is 0.381 e. The third kappa shape index (κ3) is 4.51. The highest BCUT2D eigenvalue weighted by molar-refractivity contribution is 7.14. The Morgan fingerprint density at radius 3 is 2.70 bits per heavy atom. The van der Waals surface area contributed by atoms with Crippen molar-refractivity contribution in [3.63, 3.8) is 0 Å². The molecule has 0 aliphatic carbocycles. The van der Waals surface area contributed by atoms with E-state index in [0.29, 0.717) is 10.7 Å².